The molecule has 8 rings (SSSR count). The Kier molecular flexibility index (Phi) is 10.8. The van der Waals surface area contributed by atoms with E-state index in [1.54, 1.807) is 18.6 Å². The Hall–Kier alpha value is -5.61. The minimum atomic E-state index is 0. The minimum absolute atomic E-state index is 0. The quantitative estimate of drug-likeness (QED) is 0.162. The summed E-state index contributed by atoms with van der Waals surface area (Å²) in [5, 5.41) is 0. The average Bonchev–Trinajstić information content (AvgIpc) is 3.16. The van der Waals surface area contributed by atoms with Crippen LogP contribution < -0.4 is 0 Å². The second-order valence-corrected chi connectivity index (χ2v) is 11.9. The first-order valence-corrected chi connectivity index (χ1v) is 16.3. The molecule has 1 radical (unpaired) electrons. The van der Waals surface area contributed by atoms with Crippen LogP contribution in [-0.2, 0) is 20.1 Å². The maximum absolute atomic E-state index is 4.81. The van der Waals surface area contributed by atoms with E-state index in [4.69, 9.17) is 9.97 Å². The van der Waals surface area contributed by atoms with Gasteiger partial charge in [0.15, 0.2) is 0 Å². The molecule has 50 heavy (non-hydrogen) atoms. The molecule has 0 amide bonds. The Bertz CT molecular complexity index is 2360. The number of aryl methyl sites for hydroxylation is 2. The summed E-state index contributed by atoms with van der Waals surface area (Å²) in [5.74, 6) is 0. The molecule has 245 valence electrons. The first kappa shape index (κ1) is 34.3. The summed E-state index contributed by atoms with van der Waals surface area (Å²) in [4.78, 5) is 18.4. The summed E-state index contributed by atoms with van der Waals surface area (Å²) >= 11 is 0. The van der Waals surface area contributed by atoms with Crippen LogP contribution in [0.3, 0.4) is 0 Å². The average molecular weight is 823 g/mol. The fraction of sp³-hybridized carbons (Fsp3) is 0.0667. The molecule has 5 heteroatoms. The van der Waals surface area contributed by atoms with Crippen LogP contribution >= 0.6 is 0 Å². The summed E-state index contributed by atoms with van der Waals surface area (Å²) < 4.78 is 0. The van der Waals surface area contributed by atoms with Crippen molar-refractivity contribution in [3.8, 4) is 55.9 Å². The number of aromatic nitrogens is 4. The van der Waals surface area contributed by atoms with E-state index in [1.165, 1.54) is 33.4 Å². The van der Waals surface area contributed by atoms with E-state index in [9.17, 15) is 0 Å². The SMILES string of the molecule is Cc1ccc(-c2ccc(-c3cc[c-]c(-c4ccccn4)c3)c3nccnc23)c(C)c1-c1ccccc1.Cc1ccnc(-c2[c-]cccc2)c1.[Ir]. The topological polar surface area (TPSA) is 51.6 Å². The Balaban J connectivity index is 0.000000260. The van der Waals surface area contributed by atoms with E-state index in [2.05, 4.69) is 116 Å². The van der Waals surface area contributed by atoms with Crippen molar-refractivity contribution in [1.29, 1.82) is 0 Å². The van der Waals surface area contributed by atoms with E-state index in [0.29, 0.717) is 0 Å². The molecular formula is C45H34IrN4-2. The molecule has 0 aliphatic carbocycles. The molecule has 0 aliphatic heterocycles. The first-order valence-electron chi connectivity index (χ1n) is 16.3. The molecule has 0 saturated carbocycles. The van der Waals surface area contributed by atoms with Crippen LogP contribution in [0.15, 0.2) is 152 Å². The molecule has 0 bridgehead atoms. The third-order valence-corrected chi connectivity index (χ3v) is 8.60. The molecule has 3 heterocycles. The molecule has 0 fully saturated rings. The van der Waals surface area contributed by atoms with Crippen LogP contribution in [0.2, 0.25) is 0 Å². The van der Waals surface area contributed by atoms with Gasteiger partial charge in [-0.1, -0.05) is 83.9 Å². The summed E-state index contributed by atoms with van der Waals surface area (Å²) in [7, 11) is 0. The third kappa shape index (κ3) is 7.35. The summed E-state index contributed by atoms with van der Waals surface area (Å²) in [5.41, 5.74) is 16.3. The fourth-order valence-corrected chi connectivity index (χ4v) is 6.24. The van der Waals surface area contributed by atoms with Crippen molar-refractivity contribution in [3.63, 3.8) is 0 Å². The van der Waals surface area contributed by atoms with Crippen molar-refractivity contribution < 1.29 is 20.1 Å². The molecule has 5 aromatic carbocycles. The normalized spacial score (nSPS) is 10.5. The van der Waals surface area contributed by atoms with Crippen LogP contribution in [0, 0.1) is 32.9 Å². The van der Waals surface area contributed by atoms with E-state index in [-0.39, 0.29) is 20.1 Å². The number of nitrogens with zero attached hydrogens (tertiary/aromatic N) is 4. The molecule has 3 aromatic heterocycles. The Morgan fingerprint density at radius 2 is 1.16 bits per heavy atom. The van der Waals surface area contributed by atoms with Crippen molar-refractivity contribution in [3.05, 3.63) is 181 Å². The second-order valence-electron chi connectivity index (χ2n) is 11.9. The van der Waals surface area contributed by atoms with Gasteiger partial charge in [-0.15, -0.1) is 65.7 Å². The fourth-order valence-electron chi connectivity index (χ4n) is 6.24. The number of fused-ring (bicyclic) bond motifs is 1. The second kappa shape index (κ2) is 15.7. The Labute approximate surface area is 307 Å². The van der Waals surface area contributed by atoms with Gasteiger partial charge in [-0.3, -0.25) is 9.97 Å². The molecule has 0 atom stereocenters. The number of hydrogen-bond acceptors (Lipinski definition) is 4. The zero-order valence-electron chi connectivity index (χ0n) is 28.1. The largest absolute Gasteiger partial charge is 0.305 e. The molecule has 0 spiro atoms. The molecule has 0 unspecified atom stereocenters. The standard InChI is InChI=1S/C33H24N3.C12H10N.Ir/c1-22-14-15-27(23(2)31(22)24-9-4-3-5-10-24)29-17-16-28(32-33(29)36-20-19-35-32)25-11-8-12-26(21-25)30-13-6-7-18-34-30;1-10-7-8-13-12(9-10)11-5-3-2-4-6-11;/h3-11,13-21H,1-2H3;2-5,7-9H,1H3;/q2*-1;. The Morgan fingerprint density at radius 3 is 1.90 bits per heavy atom. The monoisotopic (exact) mass is 823 g/mol. The summed E-state index contributed by atoms with van der Waals surface area (Å²) in [6.45, 7) is 6.44. The van der Waals surface area contributed by atoms with Crippen molar-refractivity contribution in [1.82, 2.24) is 19.9 Å². The number of rotatable bonds is 5. The summed E-state index contributed by atoms with van der Waals surface area (Å²) in [6.07, 6.45) is 7.17. The van der Waals surface area contributed by atoms with Crippen molar-refractivity contribution in [2.75, 3.05) is 0 Å². The van der Waals surface area contributed by atoms with Crippen LogP contribution in [0.1, 0.15) is 16.7 Å². The molecule has 0 N–H and O–H groups in total. The molecule has 0 aliphatic rings. The van der Waals surface area contributed by atoms with Crippen LogP contribution in [-0.4, -0.2) is 19.9 Å². The molecule has 4 nitrogen and oxygen atoms in total. The summed E-state index contributed by atoms with van der Waals surface area (Å²) in [6, 6.07) is 49.8. The van der Waals surface area contributed by atoms with Crippen molar-refractivity contribution >= 4 is 11.0 Å². The zero-order chi connectivity index (χ0) is 33.6. The van der Waals surface area contributed by atoms with Gasteiger partial charge < -0.3 is 9.97 Å². The van der Waals surface area contributed by atoms with Gasteiger partial charge in [-0.2, -0.15) is 0 Å². The van der Waals surface area contributed by atoms with Gasteiger partial charge in [-0.05, 0) is 77.7 Å². The number of hydrogen-bond donors (Lipinski definition) is 0. The Morgan fingerprint density at radius 1 is 0.460 bits per heavy atom. The van der Waals surface area contributed by atoms with Crippen LogP contribution in [0.4, 0.5) is 0 Å². The van der Waals surface area contributed by atoms with Gasteiger partial charge in [0.25, 0.3) is 0 Å². The van der Waals surface area contributed by atoms with Crippen molar-refractivity contribution in [2.45, 2.75) is 20.8 Å². The molecular weight excluding hydrogens is 789 g/mol. The number of benzene rings is 5. The van der Waals surface area contributed by atoms with Gasteiger partial charge in [-0.25, -0.2) is 0 Å². The third-order valence-electron chi connectivity index (χ3n) is 8.60. The van der Waals surface area contributed by atoms with Gasteiger partial charge in [0, 0.05) is 50.5 Å². The van der Waals surface area contributed by atoms with E-state index >= 15 is 0 Å². The molecule has 0 saturated heterocycles. The predicted octanol–water partition coefficient (Wildman–Crippen LogP) is 11.0. The van der Waals surface area contributed by atoms with Crippen LogP contribution in [0.25, 0.3) is 66.9 Å². The van der Waals surface area contributed by atoms with E-state index < -0.39 is 0 Å². The van der Waals surface area contributed by atoms with E-state index in [1.807, 2.05) is 60.8 Å². The zero-order valence-corrected chi connectivity index (χ0v) is 30.5. The van der Waals surface area contributed by atoms with Crippen LogP contribution in [0.5, 0.6) is 0 Å². The predicted molar refractivity (Wildman–Crippen MR) is 201 cm³/mol. The molecule has 8 aromatic rings. The van der Waals surface area contributed by atoms with Gasteiger partial charge in [0.2, 0.25) is 0 Å². The van der Waals surface area contributed by atoms with Gasteiger partial charge >= 0.3 is 0 Å². The van der Waals surface area contributed by atoms with Crippen molar-refractivity contribution in [2.24, 2.45) is 0 Å². The maximum atomic E-state index is 4.81. The van der Waals surface area contributed by atoms with Gasteiger partial charge in [0.05, 0.1) is 11.0 Å². The number of pyridine rings is 2. The smallest absolute Gasteiger partial charge is 0.0970 e. The maximum Gasteiger partial charge on any atom is 0.0970 e. The van der Waals surface area contributed by atoms with E-state index in [0.717, 1.165) is 50.2 Å². The first-order chi connectivity index (χ1) is 24.1. The minimum Gasteiger partial charge on any atom is -0.305 e. The van der Waals surface area contributed by atoms with Gasteiger partial charge in [0.1, 0.15) is 0 Å².